The topological polar surface area (TPSA) is 367 Å². The minimum atomic E-state index is -0.574. The predicted octanol–water partition coefficient (Wildman–Crippen LogP) is 4.84. The number of hydrogen-bond acceptors (Lipinski definition) is 19. The molecule has 68 heavy (non-hydrogen) atoms. The summed E-state index contributed by atoms with van der Waals surface area (Å²) in [5.74, 6) is 2.50. The van der Waals surface area contributed by atoms with Gasteiger partial charge in [0, 0.05) is 110 Å². The number of nitrogens with two attached hydrogens (primary N) is 2. The quantitative estimate of drug-likeness (QED) is 0.0919. The molecule has 0 aliphatic heterocycles. The van der Waals surface area contributed by atoms with Gasteiger partial charge in [0.1, 0.15) is 28.9 Å². The lowest BCUT2D eigenvalue weighted by atomic mass is 10.3. The van der Waals surface area contributed by atoms with E-state index in [0.717, 1.165) is 30.3 Å². The van der Waals surface area contributed by atoms with Crippen LogP contribution in [-0.2, 0) is 28.2 Å². The number of aliphatic hydroxyl groups is 1. The summed E-state index contributed by atoms with van der Waals surface area (Å²) in [7, 11) is 8.27. The van der Waals surface area contributed by atoms with Crippen LogP contribution in [0.5, 0.6) is 0 Å². The normalized spacial score (nSPS) is 9.57. The van der Waals surface area contributed by atoms with Gasteiger partial charge in [-0.3, -0.25) is 58.9 Å². The molecular formula is C40H46ClN21O6. The maximum atomic E-state index is 11.8. The molecule has 0 spiro atoms. The lowest BCUT2D eigenvalue weighted by Gasteiger charge is -2.04. The van der Waals surface area contributed by atoms with Crippen molar-refractivity contribution in [3.05, 3.63) is 159 Å². The second-order valence-corrected chi connectivity index (χ2v) is 13.2. The van der Waals surface area contributed by atoms with Crippen LogP contribution in [0.4, 0.5) is 45.9 Å². The van der Waals surface area contributed by atoms with E-state index in [2.05, 4.69) is 55.9 Å². The van der Waals surface area contributed by atoms with Gasteiger partial charge in [-0.1, -0.05) is 11.6 Å². The van der Waals surface area contributed by atoms with Gasteiger partial charge >= 0.3 is 17.1 Å². The first kappa shape index (κ1) is 52.8. The van der Waals surface area contributed by atoms with Gasteiger partial charge in [-0.25, -0.2) is 9.36 Å². The fourth-order valence-electron chi connectivity index (χ4n) is 5.04. The average molecular weight is 952 g/mol. The van der Waals surface area contributed by atoms with Crippen LogP contribution in [0.1, 0.15) is 6.92 Å². The molecule has 0 bridgehead atoms. The summed E-state index contributed by atoms with van der Waals surface area (Å²) in [6.07, 6.45) is 18.9. The Morgan fingerprint density at radius 2 is 1.15 bits per heavy atom. The van der Waals surface area contributed by atoms with E-state index < -0.39 is 9.85 Å². The highest BCUT2D eigenvalue weighted by molar-refractivity contribution is 6.32. The van der Waals surface area contributed by atoms with Crippen LogP contribution in [0.2, 0.25) is 5.02 Å². The number of anilines is 6. The van der Waals surface area contributed by atoms with E-state index in [1.54, 1.807) is 99.5 Å². The number of aromatic nitrogens is 14. The third kappa shape index (κ3) is 16.5. The highest BCUT2D eigenvalue weighted by atomic mass is 35.5. The lowest BCUT2D eigenvalue weighted by Crippen LogP contribution is -2.15. The highest BCUT2D eigenvalue weighted by Gasteiger charge is 2.14. The van der Waals surface area contributed by atoms with E-state index in [1.807, 2.05) is 39.5 Å². The van der Waals surface area contributed by atoms with Crippen molar-refractivity contribution >= 4 is 68.5 Å². The number of pyridine rings is 4. The molecule has 8 N–H and O–H groups in total. The number of H-pyrrole nitrogens is 1. The number of nitrogens with zero attached hydrogens (tertiary/aromatic N) is 16. The van der Waals surface area contributed by atoms with Crippen LogP contribution in [0, 0.1) is 31.6 Å². The Bertz CT molecular complexity index is 3060. The standard InChI is InChI=1S/C10H9N5O.C9H9N5O2.C9H11N5.C5H3ClN2O2.C4H7N3.C2H3N.CH4O/c1-14-5-3-9(13-14)15-8-2-4-11-6-7(8)12-10(15)16;1-13-5-3-9(12-13)11-7-2-4-10-6-8(7)14(15)16;1-14-5-3-9(13-14)12-8-2-4-11-6-7(8)10;6-4-1-2-7-3-5(4)8(9)10;1-7-3-2-4(5)6-7;1-2-3;1-2/h2-6H,1H3,(H,12,16);2-6H,1H3,(H,10,11,12);2-6H,10H2,1H3,(H,11,12,13);1-3H;2-3H,1H3,(H2,5,6);1H3;2H,1H3. The maximum absolute atomic E-state index is 11.8. The molecule has 0 saturated heterocycles. The molecule has 9 aromatic rings. The molecule has 0 fully saturated rings. The summed E-state index contributed by atoms with van der Waals surface area (Å²) in [6.45, 7) is 1.43. The number of aromatic amines is 1. The molecule has 28 heteroatoms. The number of nitriles is 1. The second kappa shape index (κ2) is 26.9. The van der Waals surface area contributed by atoms with E-state index in [4.69, 9.17) is 33.4 Å². The number of aliphatic hydroxyl groups excluding tert-OH is 1. The molecule has 9 aromatic heterocycles. The van der Waals surface area contributed by atoms with Crippen molar-refractivity contribution in [1.82, 2.24) is 68.6 Å². The monoisotopic (exact) mass is 951 g/mol. The zero-order valence-corrected chi connectivity index (χ0v) is 38.0. The van der Waals surface area contributed by atoms with Gasteiger partial charge < -0.3 is 32.2 Å². The number of rotatable bonds is 7. The van der Waals surface area contributed by atoms with E-state index in [9.17, 15) is 25.0 Å². The summed E-state index contributed by atoms with van der Waals surface area (Å²) in [5, 5.41) is 57.5. The van der Waals surface area contributed by atoms with Crippen molar-refractivity contribution in [2.24, 2.45) is 28.2 Å². The largest absolute Gasteiger partial charge is 0.400 e. The zero-order valence-electron chi connectivity index (χ0n) is 37.2. The molecule has 0 radical (unpaired) electrons. The van der Waals surface area contributed by atoms with Gasteiger partial charge in [0.25, 0.3) is 0 Å². The molecule has 0 atom stereocenters. The third-order valence-electron chi connectivity index (χ3n) is 7.89. The third-order valence-corrected chi connectivity index (χ3v) is 8.21. The Hall–Kier alpha value is -9.55. The zero-order chi connectivity index (χ0) is 50.2. The Kier molecular flexibility index (Phi) is 20.9. The van der Waals surface area contributed by atoms with Gasteiger partial charge in [0.2, 0.25) is 0 Å². The molecule has 9 heterocycles. The average Bonchev–Trinajstić information content (AvgIpc) is 4.17. The fraction of sp³-hybridized carbons (Fsp3) is 0.150. The smallest absolute Gasteiger partial charge is 0.332 e. The van der Waals surface area contributed by atoms with E-state index in [1.165, 1.54) is 42.2 Å². The molecule has 354 valence electrons. The van der Waals surface area contributed by atoms with Crippen molar-refractivity contribution in [3.8, 4) is 11.9 Å². The molecule has 0 amide bonds. The summed E-state index contributed by atoms with van der Waals surface area (Å²) in [4.78, 5) is 49.4. The van der Waals surface area contributed by atoms with Crippen LogP contribution in [-0.4, -0.2) is 90.7 Å². The molecule has 0 saturated carbocycles. The maximum Gasteiger partial charge on any atom is 0.332 e. The molecular weight excluding hydrogens is 906 g/mol. The molecule has 0 unspecified atom stereocenters. The number of imidazole rings is 1. The van der Waals surface area contributed by atoms with E-state index in [0.29, 0.717) is 34.3 Å². The van der Waals surface area contributed by atoms with Crippen LogP contribution in [0.15, 0.2) is 128 Å². The number of nitrogens with one attached hydrogen (secondary N) is 3. The number of nitro groups is 2. The number of nitrogen functional groups attached to an aromatic ring is 2. The number of aryl methyl sites for hydroxylation is 4. The van der Waals surface area contributed by atoms with Gasteiger partial charge in [-0.15, -0.1) is 0 Å². The van der Waals surface area contributed by atoms with Crippen molar-refractivity contribution < 1.29 is 15.0 Å². The summed E-state index contributed by atoms with van der Waals surface area (Å²) in [6, 6.07) is 15.4. The van der Waals surface area contributed by atoms with Crippen molar-refractivity contribution in [2.45, 2.75) is 6.92 Å². The fourth-order valence-corrected chi connectivity index (χ4v) is 5.22. The molecule has 0 aromatic carbocycles. The number of hydrogen-bond donors (Lipinski definition) is 6. The molecule has 0 aliphatic carbocycles. The van der Waals surface area contributed by atoms with Crippen LogP contribution in [0.25, 0.3) is 16.9 Å². The van der Waals surface area contributed by atoms with Gasteiger partial charge in [-0.05, 0) is 30.3 Å². The predicted molar refractivity (Wildman–Crippen MR) is 254 cm³/mol. The first-order chi connectivity index (χ1) is 32.6. The summed E-state index contributed by atoms with van der Waals surface area (Å²) in [5.41, 5.74) is 13.8. The first-order valence-corrected chi connectivity index (χ1v) is 19.6. The Balaban J connectivity index is 0.000000225. The number of halogens is 1. The first-order valence-electron chi connectivity index (χ1n) is 19.2. The Morgan fingerprint density at radius 1 is 0.676 bits per heavy atom. The SMILES string of the molecule is CC#N.CO.Cn1ccc(-n2c(=O)[nH]c3cnccc32)n1.Cn1ccc(N)n1.Cn1ccc(Nc2ccncc2N)n1.Cn1ccc(Nc2ccncc2[N+](=O)[O-])n1.O=[N+]([O-])c1cnccc1Cl. The van der Waals surface area contributed by atoms with Gasteiger partial charge in [-0.2, -0.15) is 25.7 Å². The Morgan fingerprint density at radius 3 is 1.60 bits per heavy atom. The van der Waals surface area contributed by atoms with Crippen LogP contribution < -0.4 is 27.8 Å². The summed E-state index contributed by atoms with van der Waals surface area (Å²) >= 11 is 5.44. The van der Waals surface area contributed by atoms with Crippen molar-refractivity contribution in [1.29, 1.82) is 5.26 Å². The number of fused-ring (bicyclic) bond motifs is 1. The Labute approximate surface area is 391 Å². The minimum Gasteiger partial charge on any atom is -0.400 e. The molecule has 0 aliphatic rings. The van der Waals surface area contributed by atoms with Gasteiger partial charge in [0.15, 0.2) is 17.5 Å². The minimum absolute atomic E-state index is 0.0758. The summed E-state index contributed by atoms with van der Waals surface area (Å²) < 4.78 is 8.17. The lowest BCUT2D eigenvalue weighted by molar-refractivity contribution is -0.385. The van der Waals surface area contributed by atoms with Gasteiger partial charge in [0.05, 0.1) is 50.7 Å². The second-order valence-electron chi connectivity index (χ2n) is 12.8. The van der Waals surface area contributed by atoms with Crippen LogP contribution >= 0.6 is 11.6 Å². The van der Waals surface area contributed by atoms with Crippen LogP contribution in [0.3, 0.4) is 0 Å². The highest BCUT2D eigenvalue weighted by Crippen LogP contribution is 2.25. The van der Waals surface area contributed by atoms with Crippen molar-refractivity contribution in [3.63, 3.8) is 0 Å². The molecule has 9 rings (SSSR count). The van der Waals surface area contributed by atoms with E-state index in [-0.39, 0.29) is 22.1 Å². The van der Waals surface area contributed by atoms with Crippen molar-refractivity contribution in [2.75, 3.05) is 29.2 Å². The van der Waals surface area contributed by atoms with E-state index >= 15 is 0 Å². The molecule has 27 nitrogen and oxygen atoms in total.